The standard InChI is InChI=1S/C10H13N3O5/c1-4-8(5(2)18-13-4)9(15)12-6(10(16)17)3-7(11)14/h6H,3H2,1-2H3,(H2,11,14)(H,12,15)(H,16,17)/t6-/m1/s1. The fraction of sp³-hybridized carbons (Fsp3) is 0.400. The molecule has 1 rings (SSSR count). The van der Waals surface area contributed by atoms with Gasteiger partial charge in [-0.2, -0.15) is 0 Å². The van der Waals surface area contributed by atoms with E-state index in [4.69, 9.17) is 15.4 Å². The van der Waals surface area contributed by atoms with Crippen molar-refractivity contribution in [1.29, 1.82) is 0 Å². The molecule has 8 nitrogen and oxygen atoms in total. The SMILES string of the molecule is Cc1noc(C)c1C(=O)N[C@H](CC(N)=O)C(=O)O. The Hall–Kier alpha value is -2.38. The molecule has 8 heteroatoms. The number of rotatable bonds is 5. The molecule has 0 unspecified atom stereocenters. The number of aromatic nitrogens is 1. The van der Waals surface area contributed by atoms with E-state index in [0.717, 1.165) is 0 Å². The van der Waals surface area contributed by atoms with Crippen LogP contribution in [0.2, 0.25) is 0 Å². The number of nitrogens with two attached hydrogens (primary N) is 1. The van der Waals surface area contributed by atoms with Crippen LogP contribution in [-0.4, -0.2) is 34.1 Å². The highest BCUT2D eigenvalue weighted by Crippen LogP contribution is 2.12. The smallest absolute Gasteiger partial charge is 0.326 e. The summed E-state index contributed by atoms with van der Waals surface area (Å²) in [6.45, 7) is 3.08. The average Bonchev–Trinajstić information content (AvgIpc) is 2.56. The van der Waals surface area contributed by atoms with Crippen LogP contribution in [-0.2, 0) is 9.59 Å². The van der Waals surface area contributed by atoms with E-state index in [9.17, 15) is 14.4 Å². The van der Waals surface area contributed by atoms with Crippen LogP contribution in [0.25, 0.3) is 0 Å². The molecule has 0 bridgehead atoms. The third kappa shape index (κ3) is 3.06. The van der Waals surface area contributed by atoms with E-state index in [1.165, 1.54) is 6.92 Å². The van der Waals surface area contributed by atoms with Crippen LogP contribution in [0.15, 0.2) is 4.52 Å². The molecule has 0 aliphatic heterocycles. The second-order valence-electron chi connectivity index (χ2n) is 3.73. The predicted molar refractivity (Wildman–Crippen MR) is 58.7 cm³/mol. The first-order chi connectivity index (χ1) is 8.32. The summed E-state index contributed by atoms with van der Waals surface area (Å²) < 4.78 is 4.79. The van der Waals surface area contributed by atoms with E-state index in [1.54, 1.807) is 6.92 Å². The summed E-state index contributed by atoms with van der Waals surface area (Å²) in [5.41, 5.74) is 5.40. The quantitative estimate of drug-likeness (QED) is 0.639. The molecule has 1 atom stereocenters. The van der Waals surface area contributed by atoms with Crippen molar-refractivity contribution in [2.24, 2.45) is 5.73 Å². The minimum absolute atomic E-state index is 0.158. The van der Waals surface area contributed by atoms with Crippen molar-refractivity contribution < 1.29 is 24.0 Å². The Morgan fingerprint density at radius 2 is 2.06 bits per heavy atom. The fourth-order valence-corrected chi connectivity index (χ4v) is 1.44. The van der Waals surface area contributed by atoms with E-state index in [0.29, 0.717) is 5.69 Å². The number of carbonyl (C=O) groups is 3. The third-order valence-corrected chi connectivity index (χ3v) is 2.27. The lowest BCUT2D eigenvalue weighted by atomic mass is 10.1. The number of carboxylic acid groups (broad SMARTS) is 1. The number of nitrogens with one attached hydrogen (secondary N) is 1. The van der Waals surface area contributed by atoms with Gasteiger partial charge in [0.15, 0.2) is 0 Å². The van der Waals surface area contributed by atoms with Gasteiger partial charge < -0.3 is 20.7 Å². The number of hydrogen-bond donors (Lipinski definition) is 3. The van der Waals surface area contributed by atoms with Crippen molar-refractivity contribution in [2.45, 2.75) is 26.3 Å². The van der Waals surface area contributed by atoms with Gasteiger partial charge in [-0.25, -0.2) is 4.79 Å². The van der Waals surface area contributed by atoms with Crippen LogP contribution in [0.4, 0.5) is 0 Å². The van der Waals surface area contributed by atoms with Crippen molar-refractivity contribution in [1.82, 2.24) is 10.5 Å². The van der Waals surface area contributed by atoms with Crippen molar-refractivity contribution in [3.8, 4) is 0 Å². The molecule has 0 spiro atoms. The van der Waals surface area contributed by atoms with Gasteiger partial charge in [0.1, 0.15) is 17.4 Å². The van der Waals surface area contributed by atoms with Gasteiger partial charge in [0.05, 0.1) is 12.1 Å². The van der Waals surface area contributed by atoms with E-state index in [1.807, 2.05) is 0 Å². The van der Waals surface area contributed by atoms with Crippen molar-refractivity contribution in [2.75, 3.05) is 0 Å². The zero-order valence-electron chi connectivity index (χ0n) is 9.89. The first-order valence-corrected chi connectivity index (χ1v) is 5.07. The van der Waals surface area contributed by atoms with Crippen LogP contribution in [0, 0.1) is 13.8 Å². The molecular weight excluding hydrogens is 242 g/mol. The summed E-state index contributed by atoms with van der Waals surface area (Å²) in [6.07, 6.45) is -0.482. The summed E-state index contributed by atoms with van der Waals surface area (Å²) in [5, 5.41) is 14.6. The van der Waals surface area contributed by atoms with Gasteiger partial charge in [-0.15, -0.1) is 0 Å². The number of hydrogen-bond acceptors (Lipinski definition) is 5. The monoisotopic (exact) mass is 255 g/mol. The first-order valence-electron chi connectivity index (χ1n) is 5.07. The molecule has 1 aromatic heterocycles. The maximum Gasteiger partial charge on any atom is 0.326 e. The normalized spacial score (nSPS) is 11.9. The molecule has 0 radical (unpaired) electrons. The minimum Gasteiger partial charge on any atom is -0.480 e. The fourth-order valence-electron chi connectivity index (χ4n) is 1.44. The van der Waals surface area contributed by atoms with Gasteiger partial charge in [-0.05, 0) is 13.8 Å². The highest BCUT2D eigenvalue weighted by Gasteiger charge is 2.25. The number of carboxylic acids is 1. The number of nitrogens with zero attached hydrogens (tertiary/aromatic N) is 1. The first kappa shape index (κ1) is 13.7. The number of amides is 2. The van der Waals surface area contributed by atoms with Crippen molar-refractivity contribution >= 4 is 17.8 Å². The van der Waals surface area contributed by atoms with Gasteiger partial charge in [-0.1, -0.05) is 5.16 Å². The molecule has 0 aliphatic rings. The molecule has 0 fully saturated rings. The highest BCUT2D eigenvalue weighted by molar-refractivity contribution is 5.99. The number of carbonyl (C=O) groups excluding carboxylic acids is 2. The topological polar surface area (TPSA) is 136 Å². The van der Waals surface area contributed by atoms with Crippen molar-refractivity contribution in [3.05, 3.63) is 17.0 Å². The van der Waals surface area contributed by atoms with Crippen LogP contribution in [0.1, 0.15) is 28.2 Å². The molecule has 4 N–H and O–H groups in total. The second-order valence-corrected chi connectivity index (χ2v) is 3.73. The molecular formula is C10H13N3O5. The summed E-state index contributed by atoms with van der Waals surface area (Å²) in [5.74, 6) is -2.55. The summed E-state index contributed by atoms with van der Waals surface area (Å²) in [6, 6.07) is -1.37. The van der Waals surface area contributed by atoms with Crippen LogP contribution >= 0.6 is 0 Å². The molecule has 18 heavy (non-hydrogen) atoms. The van der Waals surface area contributed by atoms with E-state index in [-0.39, 0.29) is 11.3 Å². The Bertz CT molecular complexity index is 474. The Labute approximate surface area is 102 Å². The van der Waals surface area contributed by atoms with Gasteiger partial charge in [0.2, 0.25) is 5.91 Å². The molecule has 1 aromatic rings. The second kappa shape index (κ2) is 5.30. The minimum atomic E-state index is -1.37. The van der Waals surface area contributed by atoms with Gasteiger partial charge in [-0.3, -0.25) is 9.59 Å². The van der Waals surface area contributed by atoms with E-state index >= 15 is 0 Å². The van der Waals surface area contributed by atoms with Gasteiger partial charge in [0.25, 0.3) is 5.91 Å². The summed E-state index contributed by atoms with van der Waals surface area (Å²) in [7, 11) is 0. The Balaban J connectivity index is 2.85. The maximum absolute atomic E-state index is 11.8. The number of aryl methyl sites for hydroxylation is 2. The lowest BCUT2D eigenvalue weighted by molar-refractivity contribution is -0.140. The van der Waals surface area contributed by atoms with E-state index in [2.05, 4.69) is 10.5 Å². The lowest BCUT2D eigenvalue weighted by Crippen LogP contribution is -2.43. The Kier molecular flexibility index (Phi) is 4.03. The molecule has 0 aliphatic carbocycles. The number of primary amides is 1. The van der Waals surface area contributed by atoms with Crippen LogP contribution in [0.5, 0.6) is 0 Å². The Morgan fingerprint density at radius 1 is 1.44 bits per heavy atom. The van der Waals surface area contributed by atoms with Crippen LogP contribution in [0.3, 0.4) is 0 Å². The molecule has 0 saturated heterocycles. The maximum atomic E-state index is 11.8. The number of aliphatic carboxylic acids is 1. The lowest BCUT2D eigenvalue weighted by Gasteiger charge is -2.12. The van der Waals surface area contributed by atoms with Crippen LogP contribution < -0.4 is 11.1 Å². The molecule has 0 aromatic carbocycles. The van der Waals surface area contributed by atoms with E-state index < -0.39 is 30.2 Å². The summed E-state index contributed by atoms with van der Waals surface area (Å²) in [4.78, 5) is 33.4. The highest BCUT2D eigenvalue weighted by atomic mass is 16.5. The molecule has 0 saturated carbocycles. The molecule has 2 amide bonds. The van der Waals surface area contributed by atoms with Crippen molar-refractivity contribution in [3.63, 3.8) is 0 Å². The molecule has 98 valence electrons. The zero-order chi connectivity index (χ0) is 13.9. The summed E-state index contributed by atoms with van der Waals surface area (Å²) >= 11 is 0. The molecule has 1 heterocycles. The van der Waals surface area contributed by atoms with Gasteiger partial charge in [0, 0.05) is 0 Å². The van der Waals surface area contributed by atoms with Gasteiger partial charge >= 0.3 is 5.97 Å². The average molecular weight is 255 g/mol. The Morgan fingerprint density at radius 3 is 2.44 bits per heavy atom. The predicted octanol–water partition coefficient (Wildman–Crippen LogP) is -0.650. The largest absolute Gasteiger partial charge is 0.480 e. The third-order valence-electron chi connectivity index (χ3n) is 2.27. The zero-order valence-corrected chi connectivity index (χ0v) is 9.89.